The molecule has 4 heteroatoms. The summed E-state index contributed by atoms with van der Waals surface area (Å²) in [5.41, 5.74) is 3.31. The lowest BCUT2D eigenvalue weighted by Gasteiger charge is -2.30. The molecule has 17 heavy (non-hydrogen) atoms. The van der Waals surface area contributed by atoms with Gasteiger partial charge in [0.15, 0.2) is 0 Å². The Hall–Kier alpha value is -0.610. The normalized spacial score (nSPS) is 24.8. The summed E-state index contributed by atoms with van der Waals surface area (Å²) in [6.07, 6.45) is 8.64. The van der Waals surface area contributed by atoms with Crippen LogP contribution in [0.4, 0.5) is 0 Å². The molecule has 0 spiro atoms. The van der Waals surface area contributed by atoms with Gasteiger partial charge in [0, 0.05) is 19.1 Å². The van der Waals surface area contributed by atoms with Crippen LogP contribution in [-0.2, 0) is 4.79 Å². The van der Waals surface area contributed by atoms with E-state index in [9.17, 15) is 4.79 Å². The fraction of sp³-hybridized carbons (Fsp3) is 0.923. The van der Waals surface area contributed by atoms with Crippen molar-refractivity contribution in [2.75, 3.05) is 13.1 Å². The molecule has 98 valence electrons. The third kappa shape index (κ3) is 3.96. The van der Waals surface area contributed by atoms with Gasteiger partial charge in [0.2, 0.25) is 5.91 Å². The Morgan fingerprint density at radius 3 is 2.41 bits per heavy atom. The molecule has 1 aliphatic carbocycles. The zero-order valence-corrected chi connectivity index (χ0v) is 10.9. The summed E-state index contributed by atoms with van der Waals surface area (Å²) < 4.78 is 0. The molecule has 0 radical (unpaired) electrons. The number of hydrazine groups is 1. The number of carbonyl (C=O) groups excluding carboxylic acids is 1. The van der Waals surface area contributed by atoms with E-state index in [-0.39, 0.29) is 11.9 Å². The topological polar surface area (TPSA) is 44.4 Å². The maximum absolute atomic E-state index is 12.0. The molecule has 1 atom stereocenters. The van der Waals surface area contributed by atoms with Gasteiger partial charge in [0.05, 0.1) is 6.04 Å². The number of rotatable bonds is 4. The van der Waals surface area contributed by atoms with Crippen molar-refractivity contribution in [2.45, 2.75) is 64.0 Å². The Balaban J connectivity index is 1.70. The highest BCUT2D eigenvalue weighted by molar-refractivity contribution is 5.81. The van der Waals surface area contributed by atoms with Gasteiger partial charge in [-0.15, -0.1) is 0 Å². The van der Waals surface area contributed by atoms with Crippen LogP contribution in [0.25, 0.3) is 0 Å². The molecule has 0 bridgehead atoms. The number of nitrogens with zero attached hydrogens (tertiary/aromatic N) is 1. The average Bonchev–Trinajstić information content (AvgIpc) is 2.83. The lowest BCUT2D eigenvalue weighted by Crippen LogP contribution is -2.53. The first-order valence-corrected chi connectivity index (χ1v) is 7.07. The van der Waals surface area contributed by atoms with Gasteiger partial charge in [-0.1, -0.05) is 19.3 Å². The van der Waals surface area contributed by atoms with Crippen molar-refractivity contribution in [3.05, 3.63) is 0 Å². The second kappa shape index (κ2) is 6.36. The summed E-state index contributed by atoms with van der Waals surface area (Å²) in [6.45, 7) is 4.10. The number of hydrogen-bond donors (Lipinski definition) is 2. The molecule has 1 aliphatic heterocycles. The van der Waals surface area contributed by atoms with E-state index in [0.717, 1.165) is 25.9 Å². The van der Waals surface area contributed by atoms with Crippen molar-refractivity contribution < 1.29 is 4.79 Å². The minimum atomic E-state index is -0.103. The number of hydrogen-bond acceptors (Lipinski definition) is 3. The largest absolute Gasteiger partial charge is 0.352 e. The average molecular weight is 239 g/mol. The molecule has 1 heterocycles. The second-order valence-electron chi connectivity index (χ2n) is 5.39. The summed E-state index contributed by atoms with van der Waals surface area (Å²) >= 11 is 0. The van der Waals surface area contributed by atoms with Gasteiger partial charge in [-0.05, 0) is 32.6 Å². The van der Waals surface area contributed by atoms with Crippen molar-refractivity contribution in [1.29, 1.82) is 0 Å². The van der Waals surface area contributed by atoms with E-state index in [0.29, 0.717) is 6.04 Å². The van der Waals surface area contributed by atoms with Gasteiger partial charge in [-0.25, -0.2) is 10.4 Å². The zero-order chi connectivity index (χ0) is 12.1. The lowest BCUT2D eigenvalue weighted by molar-refractivity contribution is -0.125. The molecule has 1 amide bonds. The van der Waals surface area contributed by atoms with Crippen LogP contribution >= 0.6 is 0 Å². The fourth-order valence-corrected chi connectivity index (χ4v) is 2.75. The summed E-state index contributed by atoms with van der Waals surface area (Å²) in [5, 5.41) is 5.34. The zero-order valence-electron chi connectivity index (χ0n) is 10.9. The van der Waals surface area contributed by atoms with Crippen LogP contribution in [0.2, 0.25) is 0 Å². The highest BCUT2D eigenvalue weighted by Crippen LogP contribution is 2.17. The number of carbonyl (C=O) groups is 1. The number of amides is 1. The van der Waals surface area contributed by atoms with E-state index in [2.05, 4.69) is 15.8 Å². The van der Waals surface area contributed by atoms with Gasteiger partial charge >= 0.3 is 0 Å². The lowest BCUT2D eigenvalue weighted by atomic mass is 10.1. The number of nitrogens with one attached hydrogen (secondary N) is 2. The maximum Gasteiger partial charge on any atom is 0.238 e. The van der Waals surface area contributed by atoms with Gasteiger partial charge in [0.25, 0.3) is 0 Å². The molecule has 0 aromatic rings. The van der Waals surface area contributed by atoms with E-state index in [4.69, 9.17) is 0 Å². The third-order valence-corrected chi connectivity index (χ3v) is 3.83. The van der Waals surface area contributed by atoms with Crippen LogP contribution in [0, 0.1) is 0 Å². The molecule has 1 unspecified atom stereocenters. The van der Waals surface area contributed by atoms with Gasteiger partial charge < -0.3 is 5.32 Å². The molecule has 0 aromatic carbocycles. The molecule has 0 aromatic heterocycles. The Kier molecular flexibility index (Phi) is 4.80. The predicted octanol–water partition coefficient (Wildman–Crippen LogP) is 1.42. The van der Waals surface area contributed by atoms with E-state index in [1.54, 1.807) is 0 Å². The number of piperidine rings is 1. The highest BCUT2D eigenvalue weighted by Gasteiger charge is 2.22. The summed E-state index contributed by atoms with van der Waals surface area (Å²) in [7, 11) is 0. The molecular weight excluding hydrogens is 214 g/mol. The van der Waals surface area contributed by atoms with Gasteiger partial charge in [-0.2, -0.15) is 0 Å². The Morgan fingerprint density at radius 2 is 1.76 bits per heavy atom. The monoisotopic (exact) mass is 239 g/mol. The van der Waals surface area contributed by atoms with Crippen LogP contribution < -0.4 is 10.7 Å². The molecule has 2 N–H and O–H groups in total. The molecule has 1 saturated carbocycles. The van der Waals surface area contributed by atoms with Crippen LogP contribution in [0.1, 0.15) is 51.9 Å². The van der Waals surface area contributed by atoms with Crippen LogP contribution in [0.3, 0.4) is 0 Å². The first-order valence-electron chi connectivity index (χ1n) is 7.07. The van der Waals surface area contributed by atoms with Crippen molar-refractivity contribution in [3.63, 3.8) is 0 Å². The minimum absolute atomic E-state index is 0.103. The molecule has 2 rings (SSSR count). The summed E-state index contributed by atoms with van der Waals surface area (Å²) in [6, 6.07) is 0.321. The van der Waals surface area contributed by atoms with Crippen LogP contribution in [0.15, 0.2) is 0 Å². The van der Waals surface area contributed by atoms with Crippen molar-refractivity contribution in [1.82, 2.24) is 15.8 Å². The Bertz CT molecular complexity index is 245. The Morgan fingerprint density at radius 1 is 1.12 bits per heavy atom. The first-order chi connectivity index (χ1) is 8.25. The quantitative estimate of drug-likeness (QED) is 0.780. The summed E-state index contributed by atoms with van der Waals surface area (Å²) in [4.78, 5) is 12.0. The standard InChI is InChI=1S/C13H25N3O/c1-11(15-16-9-5-2-6-10-16)13(17)14-12-7-3-4-8-12/h11-12,15H,2-10H2,1H3,(H,14,17). The molecule has 1 saturated heterocycles. The fourth-order valence-electron chi connectivity index (χ4n) is 2.75. The van der Waals surface area contributed by atoms with Gasteiger partial charge in [0.1, 0.15) is 0 Å². The SMILES string of the molecule is CC(NN1CCCCC1)C(=O)NC1CCCC1. The second-order valence-corrected chi connectivity index (χ2v) is 5.39. The Labute approximate surface area is 104 Å². The van der Waals surface area contributed by atoms with E-state index < -0.39 is 0 Å². The van der Waals surface area contributed by atoms with Crippen LogP contribution in [0.5, 0.6) is 0 Å². The highest BCUT2D eigenvalue weighted by atomic mass is 16.2. The van der Waals surface area contributed by atoms with Crippen molar-refractivity contribution in [2.24, 2.45) is 0 Å². The van der Waals surface area contributed by atoms with E-state index in [1.807, 2.05) is 6.92 Å². The van der Waals surface area contributed by atoms with Crippen molar-refractivity contribution >= 4 is 5.91 Å². The molecule has 2 aliphatic rings. The smallest absolute Gasteiger partial charge is 0.238 e. The third-order valence-electron chi connectivity index (χ3n) is 3.83. The maximum atomic E-state index is 12.0. The summed E-state index contributed by atoms with van der Waals surface area (Å²) in [5.74, 6) is 0.155. The van der Waals surface area contributed by atoms with E-state index >= 15 is 0 Å². The predicted molar refractivity (Wildman–Crippen MR) is 68.4 cm³/mol. The van der Waals surface area contributed by atoms with Gasteiger partial charge in [-0.3, -0.25) is 4.79 Å². The van der Waals surface area contributed by atoms with Crippen molar-refractivity contribution in [3.8, 4) is 0 Å². The van der Waals surface area contributed by atoms with E-state index in [1.165, 1.54) is 32.1 Å². The molecule has 4 nitrogen and oxygen atoms in total. The van der Waals surface area contributed by atoms with Crippen LogP contribution in [-0.4, -0.2) is 36.1 Å². The molecule has 2 fully saturated rings. The first kappa shape index (κ1) is 12.8. The molecular formula is C13H25N3O. The minimum Gasteiger partial charge on any atom is -0.352 e.